The number of ether oxygens (including phenoxy) is 1. The van der Waals surface area contributed by atoms with Gasteiger partial charge in [-0.3, -0.25) is 4.79 Å². The van der Waals surface area contributed by atoms with Crippen molar-refractivity contribution in [2.45, 2.75) is 51.7 Å². The predicted octanol–water partition coefficient (Wildman–Crippen LogP) is 4.90. The molecule has 0 bridgehead atoms. The Morgan fingerprint density at radius 3 is 2.52 bits per heavy atom. The Kier molecular flexibility index (Phi) is 8.27. The molecule has 0 fully saturated rings. The molecule has 0 aliphatic heterocycles. The van der Waals surface area contributed by atoms with Gasteiger partial charge in [0.1, 0.15) is 5.75 Å². The van der Waals surface area contributed by atoms with Crippen molar-refractivity contribution in [3.05, 3.63) is 59.7 Å². The number of carbonyl (C=O) groups excluding carboxylic acids is 1. The quantitative estimate of drug-likeness (QED) is 0.276. The molecule has 0 aliphatic carbocycles. The SMILES string of the molecule is CCOc1ccccc1C=NNC(=O)CSc1nnc(-c2ccc(C(C)(C)C)cc2)n1CC. The van der Waals surface area contributed by atoms with E-state index >= 15 is 0 Å². The number of amides is 1. The van der Waals surface area contributed by atoms with Crippen LogP contribution in [0, 0.1) is 0 Å². The van der Waals surface area contributed by atoms with Gasteiger partial charge in [0.05, 0.1) is 18.6 Å². The van der Waals surface area contributed by atoms with Gasteiger partial charge in [-0.15, -0.1) is 10.2 Å². The molecule has 0 atom stereocenters. The predicted molar refractivity (Wildman–Crippen MR) is 134 cm³/mol. The minimum Gasteiger partial charge on any atom is -0.493 e. The number of hydrazone groups is 1. The van der Waals surface area contributed by atoms with Crippen molar-refractivity contribution in [3.8, 4) is 17.1 Å². The zero-order valence-electron chi connectivity index (χ0n) is 19.8. The zero-order valence-corrected chi connectivity index (χ0v) is 20.6. The third-order valence-corrected chi connectivity index (χ3v) is 5.95. The maximum atomic E-state index is 12.3. The van der Waals surface area contributed by atoms with E-state index in [2.05, 4.69) is 65.8 Å². The number of nitrogens with one attached hydrogen (secondary N) is 1. The van der Waals surface area contributed by atoms with Crippen LogP contribution in [-0.2, 0) is 16.8 Å². The summed E-state index contributed by atoms with van der Waals surface area (Å²) in [5.41, 5.74) is 5.74. The fourth-order valence-corrected chi connectivity index (χ4v) is 4.02. The third-order valence-electron chi connectivity index (χ3n) is 4.99. The van der Waals surface area contributed by atoms with Gasteiger partial charge in [-0.1, -0.05) is 68.9 Å². The molecule has 1 heterocycles. The van der Waals surface area contributed by atoms with Crippen molar-refractivity contribution in [2.75, 3.05) is 12.4 Å². The van der Waals surface area contributed by atoms with E-state index in [-0.39, 0.29) is 17.1 Å². The van der Waals surface area contributed by atoms with Crippen molar-refractivity contribution >= 4 is 23.9 Å². The van der Waals surface area contributed by atoms with Crippen LogP contribution in [0.25, 0.3) is 11.4 Å². The van der Waals surface area contributed by atoms with Crippen LogP contribution in [0.4, 0.5) is 0 Å². The molecule has 0 aliphatic rings. The standard InChI is InChI=1S/C25H31N5O2S/c1-6-30-23(18-12-14-20(15-13-18)25(3,4)5)28-29-24(30)33-17-22(31)27-26-16-19-10-8-9-11-21(19)32-7-2/h8-16H,6-7,17H2,1-5H3,(H,27,31). The fraction of sp³-hybridized carbons (Fsp3) is 0.360. The average molecular weight is 466 g/mol. The highest BCUT2D eigenvalue weighted by Crippen LogP contribution is 2.27. The summed E-state index contributed by atoms with van der Waals surface area (Å²) in [5, 5.41) is 13.4. The summed E-state index contributed by atoms with van der Waals surface area (Å²) in [7, 11) is 0. The van der Waals surface area contributed by atoms with Crippen LogP contribution < -0.4 is 10.2 Å². The first-order valence-corrected chi connectivity index (χ1v) is 12.0. The molecule has 0 spiro atoms. The van der Waals surface area contributed by atoms with Gasteiger partial charge >= 0.3 is 0 Å². The molecule has 0 unspecified atom stereocenters. The summed E-state index contributed by atoms with van der Waals surface area (Å²) in [6.45, 7) is 11.8. The molecule has 0 saturated carbocycles. The van der Waals surface area contributed by atoms with Crippen LogP contribution in [0.2, 0.25) is 0 Å². The number of hydrogen-bond donors (Lipinski definition) is 1. The minimum atomic E-state index is -0.216. The van der Waals surface area contributed by atoms with Gasteiger partial charge in [-0.25, -0.2) is 5.43 Å². The highest BCUT2D eigenvalue weighted by atomic mass is 32.2. The van der Waals surface area contributed by atoms with Crippen LogP contribution >= 0.6 is 11.8 Å². The number of carbonyl (C=O) groups is 1. The summed E-state index contributed by atoms with van der Waals surface area (Å²) in [6, 6.07) is 16.0. The van der Waals surface area contributed by atoms with Crippen LogP contribution in [0.1, 0.15) is 45.7 Å². The zero-order chi connectivity index (χ0) is 23.8. The fourth-order valence-electron chi connectivity index (χ4n) is 3.22. The Balaban J connectivity index is 1.62. The average Bonchev–Trinajstić information content (AvgIpc) is 3.21. The van der Waals surface area contributed by atoms with Gasteiger partial charge < -0.3 is 9.30 Å². The molecule has 33 heavy (non-hydrogen) atoms. The smallest absolute Gasteiger partial charge is 0.250 e. The monoisotopic (exact) mass is 465 g/mol. The Bertz CT molecular complexity index is 1100. The second-order valence-electron chi connectivity index (χ2n) is 8.43. The van der Waals surface area contributed by atoms with Gasteiger partial charge in [0.15, 0.2) is 11.0 Å². The Hall–Kier alpha value is -3.13. The van der Waals surface area contributed by atoms with E-state index in [1.54, 1.807) is 6.21 Å². The van der Waals surface area contributed by atoms with Crippen molar-refractivity contribution < 1.29 is 9.53 Å². The molecule has 3 rings (SSSR count). The molecular formula is C25H31N5O2S. The largest absolute Gasteiger partial charge is 0.493 e. The summed E-state index contributed by atoms with van der Waals surface area (Å²) in [4.78, 5) is 12.3. The maximum Gasteiger partial charge on any atom is 0.250 e. The van der Waals surface area contributed by atoms with Gasteiger partial charge in [0.2, 0.25) is 0 Å². The number of thioether (sulfide) groups is 1. The van der Waals surface area contributed by atoms with Gasteiger partial charge in [-0.05, 0) is 37.0 Å². The van der Waals surface area contributed by atoms with Crippen molar-refractivity contribution in [1.82, 2.24) is 20.2 Å². The van der Waals surface area contributed by atoms with Gasteiger partial charge in [-0.2, -0.15) is 5.10 Å². The van der Waals surface area contributed by atoms with Crippen molar-refractivity contribution in [2.24, 2.45) is 5.10 Å². The maximum absolute atomic E-state index is 12.3. The normalized spacial score (nSPS) is 11.7. The summed E-state index contributed by atoms with van der Waals surface area (Å²) >= 11 is 1.34. The highest BCUT2D eigenvalue weighted by Gasteiger charge is 2.17. The molecule has 0 saturated heterocycles. The summed E-state index contributed by atoms with van der Waals surface area (Å²) < 4.78 is 7.58. The van der Waals surface area contributed by atoms with Gasteiger partial charge in [0.25, 0.3) is 5.91 Å². The lowest BCUT2D eigenvalue weighted by Gasteiger charge is -2.19. The number of aromatic nitrogens is 3. The topological polar surface area (TPSA) is 81.4 Å². The molecule has 174 valence electrons. The number of hydrogen-bond acceptors (Lipinski definition) is 6. The van der Waals surface area contributed by atoms with E-state index in [1.165, 1.54) is 17.3 Å². The third kappa shape index (κ3) is 6.44. The molecular weight excluding hydrogens is 434 g/mol. The van der Waals surface area contributed by atoms with E-state index in [4.69, 9.17) is 4.74 Å². The lowest BCUT2D eigenvalue weighted by molar-refractivity contribution is -0.118. The highest BCUT2D eigenvalue weighted by molar-refractivity contribution is 7.99. The van der Waals surface area contributed by atoms with Crippen LogP contribution in [0.15, 0.2) is 58.8 Å². The molecule has 8 heteroatoms. The Labute approximate surface area is 199 Å². The van der Waals surface area contributed by atoms with E-state index in [9.17, 15) is 4.79 Å². The number of para-hydroxylation sites is 1. The van der Waals surface area contributed by atoms with Crippen molar-refractivity contribution in [1.29, 1.82) is 0 Å². The number of nitrogens with zero attached hydrogens (tertiary/aromatic N) is 4. The minimum absolute atomic E-state index is 0.0961. The van der Waals surface area contributed by atoms with E-state index in [1.807, 2.05) is 42.7 Å². The Morgan fingerprint density at radius 2 is 1.85 bits per heavy atom. The molecule has 1 aromatic heterocycles. The first kappa shape index (κ1) is 24.5. The second-order valence-corrected chi connectivity index (χ2v) is 9.37. The molecule has 1 amide bonds. The second kappa shape index (κ2) is 11.1. The number of benzene rings is 2. The van der Waals surface area contributed by atoms with Crippen LogP contribution in [-0.4, -0.2) is 39.2 Å². The van der Waals surface area contributed by atoms with Crippen LogP contribution in [0.3, 0.4) is 0 Å². The van der Waals surface area contributed by atoms with E-state index in [0.29, 0.717) is 18.3 Å². The molecule has 7 nitrogen and oxygen atoms in total. The van der Waals surface area contributed by atoms with E-state index < -0.39 is 0 Å². The van der Waals surface area contributed by atoms with E-state index in [0.717, 1.165) is 22.7 Å². The summed E-state index contributed by atoms with van der Waals surface area (Å²) in [6.07, 6.45) is 1.58. The summed E-state index contributed by atoms with van der Waals surface area (Å²) in [5.74, 6) is 1.50. The molecule has 2 aromatic carbocycles. The first-order valence-electron chi connectivity index (χ1n) is 11.0. The number of rotatable bonds is 9. The lowest BCUT2D eigenvalue weighted by Crippen LogP contribution is -2.20. The first-order chi connectivity index (χ1) is 15.8. The van der Waals surface area contributed by atoms with Crippen molar-refractivity contribution in [3.63, 3.8) is 0 Å². The molecule has 3 aromatic rings. The Morgan fingerprint density at radius 1 is 1.12 bits per heavy atom. The lowest BCUT2D eigenvalue weighted by atomic mass is 9.87. The molecule has 1 N–H and O–H groups in total. The van der Waals surface area contributed by atoms with Gasteiger partial charge in [0, 0.05) is 17.7 Å². The van der Waals surface area contributed by atoms with Crippen LogP contribution in [0.5, 0.6) is 5.75 Å². The molecule has 0 radical (unpaired) electrons.